The molecule has 0 aliphatic heterocycles. The fraction of sp³-hybridized carbons (Fsp3) is 0.500. The van der Waals surface area contributed by atoms with Crippen LogP contribution in [0.1, 0.15) is 11.4 Å². The van der Waals surface area contributed by atoms with Crippen LogP contribution < -0.4 is 5.32 Å². The van der Waals surface area contributed by atoms with Crippen molar-refractivity contribution in [2.75, 3.05) is 34.4 Å². The molecule has 1 N–H and O–H groups in total. The third-order valence-corrected chi connectivity index (χ3v) is 3.15. The van der Waals surface area contributed by atoms with Gasteiger partial charge < -0.3 is 14.5 Å². The van der Waals surface area contributed by atoms with E-state index in [9.17, 15) is 0 Å². The minimum Gasteiger partial charge on any atom is -0.383 e. The molecule has 0 radical (unpaired) electrons. The maximum Gasteiger partial charge on any atom is 0.137 e. The standard InChI is InChI=1S/C14H22N4O/c1-15-10-12-13(11-17(2)8-9-19-3)18-7-5-4-6-14(18)16-12/h4-7,15H,8-11H2,1-3H3. The largest absolute Gasteiger partial charge is 0.383 e. The van der Waals surface area contributed by atoms with E-state index in [0.717, 1.165) is 37.6 Å². The molecule has 0 fully saturated rings. The zero-order valence-electron chi connectivity index (χ0n) is 11.9. The molecule has 0 unspecified atom stereocenters. The molecule has 0 saturated heterocycles. The highest BCUT2D eigenvalue weighted by Gasteiger charge is 2.12. The van der Waals surface area contributed by atoms with Crippen molar-refractivity contribution in [3.8, 4) is 0 Å². The van der Waals surface area contributed by atoms with E-state index in [4.69, 9.17) is 4.74 Å². The molecule has 5 heteroatoms. The summed E-state index contributed by atoms with van der Waals surface area (Å²) in [7, 11) is 5.78. The first kappa shape index (κ1) is 14.0. The molecule has 0 saturated carbocycles. The molecule has 0 spiro atoms. The van der Waals surface area contributed by atoms with E-state index in [1.165, 1.54) is 5.69 Å². The lowest BCUT2D eigenvalue weighted by Crippen LogP contribution is -2.24. The number of imidazole rings is 1. The Hall–Kier alpha value is -1.43. The van der Waals surface area contributed by atoms with Gasteiger partial charge in [0.05, 0.1) is 18.0 Å². The Labute approximate surface area is 114 Å². The van der Waals surface area contributed by atoms with Gasteiger partial charge >= 0.3 is 0 Å². The molecule has 2 rings (SSSR count). The van der Waals surface area contributed by atoms with Gasteiger partial charge in [-0.25, -0.2) is 4.98 Å². The summed E-state index contributed by atoms with van der Waals surface area (Å²) in [5.41, 5.74) is 3.35. The van der Waals surface area contributed by atoms with Crippen molar-refractivity contribution in [3.63, 3.8) is 0 Å². The quantitative estimate of drug-likeness (QED) is 0.812. The minimum atomic E-state index is 0.745. The fourth-order valence-electron chi connectivity index (χ4n) is 2.15. The highest BCUT2D eigenvalue weighted by Crippen LogP contribution is 2.14. The average Bonchev–Trinajstić information content (AvgIpc) is 2.75. The number of methoxy groups -OCH3 is 1. The van der Waals surface area contributed by atoms with E-state index in [0.29, 0.717) is 0 Å². The Balaban J connectivity index is 2.25. The SMILES string of the molecule is CNCc1nc2ccccn2c1CN(C)CCOC. The maximum absolute atomic E-state index is 5.12. The topological polar surface area (TPSA) is 41.8 Å². The summed E-state index contributed by atoms with van der Waals surface area (Å²) >= 11 is 0. The molecule has 5 nitrogen and oxygen atoms in total. The van der Waals surface area contributed by atoms with Gasteiger partial charge in [-0.1, -0.05) is 6.07 Å². The van der Waals surface area contributed by atoms with Crippen LogP contribution in [-0.2, 0) is 17.8 Å². The summed E-state index contributed by atoms with van der Waals surface area (Å²) in [6.07, 6.45) is 2.07. The van der Waals surface area contributed by atoms with Crippen molar-refractivity contribution in [2.45, 2.75) is 13.1 Å². The lowest BCUT2D eigenvalue weighted by atomic mass is 10.3. The van der Waals surface area contributed by atoms with Gasteiger partial charge in [0.15, 0.2) is 0 Å². The number of nitrogens with zero attached hydrogens (tertiary/aromatic N) is 3. The summed E-state index contributed by atoms with van der Waals surface area (Å²) in [5.74, 6) is 0. The van der Waals surface area contributed by atoms with E-state index in [1.54, 1.807) is 7.11 Å². The van der Waals surface area contributed by atoms with Crippen LogP contribution in [0.15, 0.2) is 24.4 Å². The normalized spacial score (nSPS) is 11.6. The molecule has 2 aromatic heterocycles. The van der Waals surface area contributed by atoms with Gasteiger partial charge in [-0.2, -0.15) is 0 Å². The second-order valence-electron chi connectivity index (χ2n) is 4.69. The lowest BCUT2D eigenvalue weighted by Gasteiger charge is -2.16. The third-order valence-electron chi connectivity index (χ3n) is 3.15. The van der Waals surface area contributed by atoms with Crippen molar-refractivity contribution in [2.24, 2.45) is 0 Å². The van der Waals surface area contributed by atoms with Crippen LogP contribution >= 0.6 is 0 Å². The molecule has 2 aromatic rings. The van der Waals surface area contributed by atoms with Gasteiger partial charge in [0.1, 0.15) is 5.65 Å². The molecule has 0 aliphatic rings. The fourth-order valence-corrected chi connectivity index (χ4v) is 2.15. The van der Waals surface area contributed by atoms with Crippen molar-refractivity contribution in [1.82, 2.24) is 19.6 Å². The highest BCUT2D eigenvalue weighted by molar-refractivity contribution is 5.43. The second kappa shape index (κ2) is 6.65. The molecule has 2 heterocycles. The molecule has 0 atom stereocenters. The van der Waals surface area contributed by atoms with E-state index in [1.807, 2.05) is 25.2 Å². The minimum absolute atomic E-state index is 0.745. The van der Waals surface area contributed by atoms with E-state index in [2.05, 4.69) is 32.8 Å². The van der Waals surface area contributed by atoms with Crippen LogP contribution in [0.4, 0.5) is 0 Å². The summed E-state index contributed by atoms with van der Waals surface area (Å²) in [5, 5.41) is 3.18. The number of ether oxygens (including phenoxy) is 1. The summed E-state index contributed by atoms with van der Waals surface area (Å²) in [6.45, 7) is 3.31. The number of fused-ring (bicyclic) bond motifs is 1. The van der Waals surface area contributed by atoms with Crippen LogP contribution in [0.5, 0.6) is 0 Å². The molecular weight excluding hydrogens is 240 g/mol. The Morgan fingerprint density at radius 2 is 2.26 bits per heavy atom. The monoisotopic (exact) mass is 262 g/mol. The first-order valence-corrected chi connectivity index (χ1v) is 6.53. The van der Waals surface area contributed by atoms with Gasteiger partial charge in [-0.05, 0) is 26.2 Å². The van der Waals surface area contributed by atoms with E-state index >= 15 is 0 Å². The first-order chi connectivity index (χ1) is 9.26. The molecule has 104 valence electrons. The maximum atomic E-state index is 5.12. The summed E-state index contributed by atoms with van der Waals surface area (Å²) < 4.78 is 7.28. The highest BCUT2D eigenvalue weighted by atomic mass is 16.5. The van der Waals surface area contributed by atoms with Crippen molar-refractivity contribution in [3.05, 3.63) is 35.8 Å². The van der Waals surface area contributed by atoms with E-state index in [-0.39, 0.29) is 0 Å². The Morgan fingerprint density at radius 3 is 3.00 bits per heavy atom. The molecular formula is C14H22N4O. The molecule has 19 heavy (non-hydrogen) atoms. The first-order valence-electron chi connectivity index (χ1n) is 6.53. The van der Waals surface area contributed by atoms with Crippen molar-refractivity contribution < 1.29 is 4.74 Å². The van der Waals surface area contributed by atoms with Crippen LogP contribution in [0, 0.1) is 0 Å². The Bertz CT molecular complexity index is 523. The molecule has 0 aliphatic carbocycles. The molecule has 0 amide bonds. The third kappa shape index (κ3) is 3.32. The van der Waals surface area contributed by atoms with Crippen LogP contribution in [0.25, 0.3) is 5.65 Å². The van der Waals surface area contributed by atoms with Gasteiger partial charge in [-0.15, -0.1) is 0 Å². The second-order valence-corrected chi connectivity index (χ2v) is 4.69. The Kier molecular flexibility index (Phi) is 4.90. The number of aromatic nitrogens is 2. The molecule has 0 aromatic carbocycles. The molecule has 0 bridgehead atoms. The summed E-state index contributed by atoms with van der Waals surface area (Å²) in [4.78, 5) is 6.93. The van der Waals surface area contributed by atoms with Crippen LogP contribution in [0.3, 0.4) is 0 Å². The number of hydrogen-bond donors (Lipinski definition) is 1. The van der Waals surface area contributed by atoms with Crippen molar-refractivity contribution >= 4 is 5.65 Å². The van der Waals surface area contributed by atoms with Crippen LogP contribution in [0.2, 0.25) is 0 Å². The number of nitrogens with one attached hydrogen (secondary N) is 1. The van der Waals surface area contributed by atoms with Gasteiger partial charge in [-0.3, -0.25) is 4.90 Å². The predicted octanol–water partition coefficient (Wildman–Crippen LogP) is 1.13. The van der Waals surface area contributed by atoms with Crippen molar-refractivity contribution in [1.29, 1.82) is 0 Å². The zero-order chi connectivity index (χ0) is 13.7. The summed E-state index contributed by atoms with van der Waals surface area (Å²) in [6, 6.07) is 6.10. The van der Waals surface area contributed by atoms with Crippen LogP contribution in [-0.4, -0.2) is 48.6 Å². The number of pyridine rings is 1. The number of rotatable bonds is 7. The van der Waals surface area contributed by atoms with Gasteiger partial charge in [0, 0.05) is 32.9 Å². The predicted molar refractivity (Wildman–Crippen MR) is 76.2 cm³/mol. The Morgan fingerprint density at radius 1 is 1.42 bits per heavy atom. The zero-order valence-corrected chi connectivity index (χ0v) is 11.9. The number of likely N-dealkylation sites (N-methyl/N-ethyl adjacent to an activating group) is 1. The average molecular weight is 262 g/mol. The number of hydrogen-bond acceptors (Lipinski definition) is 4. The smallest absolute Gasteiger partial charge is 0.137 e. The van der Waals surface area contributed by atoms with E-state index < -0.39 is 0 Å². The lowest BCUT2D eigenvalue weighted by molar-refractivity contribution is 0.158. The van der Waals surface area contributed by atoms with Gasteiger partial charge in [0.2, 0.25) is 0 Å². The van der Waals surface area contributed by atoms with Gasteiger partial charge in [0.25, 0.3) is 0 Å².